The van der Waals surface area contributed by atoms with Gasteiger partial charge in [0.15, 0.2) is 10.5 Å². The van der Waals surface area contributed by atoms with Crippen LogP contribution in [0.15, 0.2) is 10.2 Å². The van der Waals surface area contributed by atoms with E-state index in [1.165, 1.54) is 15.7 Å². The van der Waals surface area contributed by atoms with E-state index in [9.17, 15) is 14.7 Å². The molecule has 0 spiro atoms. The number of carbonyl (C=O) groups is 1. The predicted octanol–water partition coefficient (Wildman–Crippen LogP) is 0.0614. The molecule has 0 bridgehead atoms. The Balaban J connectivity index is 2.36. The van der Waals surface area contributed by atoms with Gasteiger partial charge in [-0.25, -0.2) is 0 Å². The van der Waals surface area contributed by atoms with Crippen LogP contribution in [0, 0.1) is 6.92 Å². The number of nitrogens with one attached hydrogen (secondary N) is 1. The third-order valence-corrected chi connectivity index (χ3v) is 3.74. The lowest BCUT2D eigenvalue weighted by atomic mass is 10.3. The Bertz CT molecular complexity index is 705. The van der Waals surface area contributed by atoms with Crippen molar-refractivity contribution in [2.24, 2.45) is 0 Å². The number of aromatic hydroxyl groups is 1. The molecule has 0 fully saturated rings. The van der Waals surface area contributed by atoms with Crippen molar-refractivity contribution < 1.29 is 9.90 Å². The van der Waals surface area contributed by atoms with Gasteiger partial charge in [-0.05, 0) is 21.0 Å². The quantitative estimate of drug-likeness (QED) is 0.833. The second-order valence-electron chi connectivity index (χ2n) is 4.67. The third kappa shape index (κ3) is 2.66. The van der Waals surface area contributed by atoms with Crippen LogP contribution in [-0.4, -0.2) is 52.5 Å². The summed E-state index contributed by atoms with van der Waals surface area (Å²) in [6.45, 7) is 2.77. The number of carbonyl (C=O) groups excluding carboxylic acids is 1. The zero-order valence-corrected chi connectivity index (χ0v) is 12.3. The lowest BCUT2D eigenvalue weighted by molar-refractivity contribution is 0.0946. The van der Waals surface area contributed by atoms with Crippen LogP contribution in [0.4, 0.5) is 0 Å². The molecule has 0 aliphatic heterocycles. The molecule has 20 heavy (non-hydrogen) atoms. The van der Waals surface area contributed by atoms with Crippen LogP contribution in [0.2, 0.25) is 0 Å². The van der Waals surface area contributed by atoms with Crippen LogP contribution < -0.4 is 10.9 Å². The minimum atomic E-state index is -0.609. The third-order valence-electron chi connectivity index (χ3n) is 2.79. The van der Waals surface area contributed by atoms with Crippen molar-refractivity contribution in [3.05, 3.63) is 27.0 Å². The molecule has 2 aromatic heterocycles. The van der Waals surface area contributed by atoms with Gasteiger partial charge in [-0.3, -0.25) is 14.0 Å². The Morgan fingerprint density at radius 2 is 2.25 bits per heavy atom. The maximum atomic E-state index is 12.3. The topological polar surface area (TPSA) is 86.9 Å². The Hall–Kier alpha value is -1.93. The summed E-state index contributed by atoms with van der Waals surface area (Å²) in [6.07, 6.45) is 0. The fraction of sp³-hybridized carbons (Fsp3) is 0.417. The first kappa shape index (κ1) is 14.5. The summed E-state index contributed by atoms with van der Waals surface area (Å²) >= 11 is 1.24. The zero-order chi connectivity index (χ0) is 14.9. The number of thiazole rings is 1. The van der Waals surface area contributed by atoms with Crippen molar-refractivity contribution in [2.45, 2.75) is 6.92 Å². The zero-order valence-electron chi connectivity index (χ0n) is 11.5. The van der Waals surface area contributed by atoms with E-state index in [1.807, 2.05) is 19.0 Å². The highest BCUT2D eigenvalue weighted by Crippen LogP contribution is 2.17. The number of hydrogen-bond donors (Lipinski definition) is 2. The average molecular weight is 296 g/mol. The molecule has 108 valence electrons. The fourth-order valence-electron chi connectivity index (χ4n) is 1.75. The van der Waals surface area contributed by atoms with Gasteiger partial charge >= 0.3 is 0 Å². The number of amides is 1. The molecular formula is C12H16N4O3S. The molecule has 0 radical (unpaired) electrons. The maximum absolute atomic E-state index is 12.3. The lowest BCUT2D eigenvalue weighted by Crippen LogP contribution is -2.35. The molecule has 0 saturated carbocycles. The Kier molecular flexibility index (Phi) is 4.05. The molecule has 2 rings (SSSR count). The minimum Gasteiger partial charge on any atom is -0.492 e. The van der Waals surface area contributed by atoms with Crippen molar-refractivity contribution in [1.29, 1.82) is 0 Å². The highest BCUT2D eigenvalue weighted by Gasteiger charge is 2.20. The molecule has 0 atom stereocenters. The predicted molar refractivity (Wildman–Crippen MR) is 76.6 cm³/mol. The Morgan fingerprint density at radius 1 is 1.55 bits per heavy atom. The van der Waals surface area contributed by atoms with E-state index >= 15 is 0 Å². The van der Waals surface area contributed by atoms with E-state index in [0.29, 0.717) is 23.7 Å². The van der Waals surface area contributed by atoms with Gasteiger partial charge in [0.25, 0.3) is 11.5 Å². The molecule has 0 aromatic carbocycles. The van der Waals surface area contributed by atoms with E-state index in [-0.39, 0.29) is 5.56 Å². The summed E-state index contributed by atoms with van der Waals surface area (Å²) in [4.78, 5) is 30.4. The van der Waals surface area contributed by atoms with Gasteiger partial charge in [0.1, 0.15) is 0 Å². The number of fused-ring (bicyclic) bond motifs is 1. The second-order valence-corrected chi connectivity index (χ2v) is 5.51. The van der Waals surface area contributed by atoms with Crippen LogP contribution in [0.5, 0.6) is 5.88 Å². The first-order chi connectivity index (χ1) is 9.41. The monoisotopic (exact) mass is 296 g/mol. The van der Waals surface area contributed by atoms with Gasteiger partial charge in [0.05, 0.1) is 0 Å². The van der Waals surface area contributed by atoms with E-state index in [0.717, 1.165) is 0 Å². The fourth-order valence-corrected chi connectivity index (χ4v) is 2.60. The number of aryl methyl sites for hydroxylation is 1. The highest BCUT2D eigenvalue weighted by molar-refractivity contribution is 7.15. The Morgan fingerprint density at radius 3 is 2.90 bits per heavy atom. The van der Waals surface area contributed by atoms with Gasteiger partial charge in [-0.1, -0.05) is 0 Å². The summed E-state index contributed by atoms with van der Waals surface area (Å²) in [7, 11) is 3.75. The molecule has 7 nitrogen and oxygen atoms in total. The first-order valence-corrected chi connectivity index (χ1v) is 6.92. The maximum Gasteiger partial charge on any atom is 0.275 e. The summed E-state index contributed by atoms with van der Waals surface area (Å²) in [6, 6.07) is 0. The summed E-state index contributed by atoms with van der Waals surface area (Å²) in [5.41, 5.74) is -0.179. The normalized spacial score (nSPS) is 11.2. The molecule has 1 amide bonds. The first-order valence-electron chi connectivity index (χ1n) is 6.04. The molecule has 2 heterocycles. The van der Waals surface area contributed by atoms with Gasteiger partial charge in [-0.2, -0.15) is 4.98 Å². The van der Waals surface area contributed by atoms with Crippen LogP contribution in [0.1, 0.15) is 16.1 Å². The van der Waals surface area contributed by atoms with E-state index in [2.05, 4.69) is 10.3 Å². The number of likely N-dealkylation sites (N-methyl/N-ethyl adjacent to an activating group) is 1. The molecule has 8 heteroatoms. The molecule has 0 aliphatic carbocycles. The number of aromatic nitrogens is 2. The van der Waals surface area contributed by atoms with Gasteiger partial charge in [0, 0.05) is 24.2 Å². The molecule has 0 aliphatic rings. The molecule has 2 aromatic rings. The van der Waals surface area contributed by atoms with Gasteiger partial charge < -0.3 is 15.3 Å². The smallest absolute Gasteiger partial charge is 0.275 e. The number of rotatable bonds is 4. The summed E-state index contributed by atoms with van der Waals surface area (Å²) < 4.78 is 1.32. The lowest BCUT2D eigenvalue weighted by Gasteiger charge is -2.10. The van der Waals surface area contributed by atoms with E-state index in [1.54, 1.807) is 12.3 Å². The summed E-state index contributed by atoms with van der Waals surface area (Å²) in [5.74, 6) is -1.14. The minimum absolute atomic E-state index is 0.317. The Labute approximate surface area is 119 Å². The van der Waals surface area contributed by atoms with Crippen LogP contribution >= 0.6 is 11.3 Å². The molecule has 0 saturated heterocycles. The van der Waals surface area contributed by atoms with E-state index in [4.69, 9.17) is 0 Å². The molecular weight excluding hydrogens is 280 g/mol. The standard InChI is InChI=1S/C12H16N4O3S/c1-7-6-20-12-14-10(18)8(11(19)16(7)12)9(17)13-4-5-15(2)3/h6,18H,4-5H2,1-3H3,(H,13,17). The van der Waals surface area contributed by atoms with Gasteiger partial charge in [0.2, 0.25) is 5.88 Å². The van der Waals surface area contributed by atoms with E-state index < -0.39 is 17.3 Å². The van der Waals surface area contributed by atoms with Crippen molar-refractivity contribution in [1.82, 2.24) is 19.6 Å². The second kappa shape index (κ2) is 5.59. The molecule has 0 unspecified atom stereocenters. The average Bonchev–Trinajstić information content (AvgIpc) is 2.70. The summed E-state index contributed by atoms with van der Waals surface area (Å²) in [5, 5.41) is 14.1. The van der Waals surface area contributed by atoms with Crippen LogP contribution in [0.3, 0.4) is 0 Å². The van der Waals surface area contributed by atoms with Crippen molar-refractivity contribution in [3.8, 4) is 5.88 Å². The molecule has 2 N–H and O–H groups in total. The van der Waals surface area contributed by atoms with Crippen LogP contribution in [0.25, 0.3) is 4.96 Å². The van der Waals surface area contributed by atoms with Crippen molar-refractivity contribution in [2.75, 3.05) is 27.2 Å². The van der Waals surface area contributed by atoms with Crippen molar-refractivity contribution >= 4 is 22.2 Å². The van der Waals surface area contributed by atoms with Gasteiger partial charge in [-0.15, -0.1) is 11.3 Å². The van der Waals surface area contributed by atoms with Crippen LogP contribution in [-0.2, 0) is 0 Å². The highest BCUT2D eigenvalue weighted by atomic mass is 32.1. The SMILES string of the molecule is Cc1csc2nc(O)c(C(=O)NCCN(C)C)c(=O)n12. The van der Waals surface area contributed by atoms with Crippen molar-refractivity contribution in [3.63, 3.8) is 0 Å². The number of nitrogens with zero attached hydrogens (tertiary/aromatic N) is 3. The number of hydrogen-bond acceptors (Lipinski definition) is 6. The largest absolute Gasteiger partial charge is 0.492 e.